The van der Waals surface area contributed by atoms with Crippen LogP contribution in [0.3, 0.4) is 0 Å². The van der Waals surface area contributed by atoms with E-state index in [-0.39, 0.29) is 12.2 Å². The second-order valence-electron chi connectivity index (χ2n) is 6.45. The van der Waals surface area contributed by atoms with Gasteiger partial charge in [0.05, 0.1) is 25.8 Å². The van der Waals surface area contributed by atoms with Gasteiger partial charge in [0.2, 0.25) is 5.75 Å². The fraction of sp³-hybridized carbons (Fsp3) is 0.182. The lowest BCUT2D eigenvalue weighted by atomic mass is 10.1. The van der Waals surface area contributed by atoms with Crippen LogP contribution in [0.4, 0.5) is 0 Å². The van der Waals surface area contributed by atoms with Gasteiger partial charge in [-0.15, -0.1) is 0 Å². The van der Waals surface area contributed by atoms with Crippen molar-refractivity contribution in [3.8, 4) is 23.0 Å². The molecule has 3 aromatic rings. The molecule has 0 bridgehead atoms. The van der Waals surface area contributed by atoms with Crippen LogP contribution in [0.1, 0.15) is 10.4 Å². The molecule has 0 aliphatic rings. The highest BCUT2D eigenvalue weighted by molar-refractivity contribution is 9.11. The molecule has 32 heavy (non-hydrogen) atoms. The van der Waals surface area contributed by atoms with Gasteiger partial charge in [-0.1, -0.05) is 28.1 Å². The van der Waals surface area contributed by atoms with Crippen molar-refractivity contribution in [2.45, 2.75) is 0 Å². The first kappa shape index (κ1) is 23.7. The molecule has 3 aromatic carbocycles. The molecule has 0 spiro atoms. The van der Waals surface area contributed by atoms with Crippen LogP contribution in [0.5, 0.6) is 23.0 Å². The highest BCUT2D eigenvalue weighted by Crippen LogP contribution is 2.38. The van der Waals surface area contributed by atoms with E-state index in [0.717, 1.165) is 19.7 Å². The number of amides is 2. The summed E-state index contributed by atoms with van der Waals surface area (Å²) in [6, 6.07) is 12.4. The quantitative estimate of drug-likeness (QED) is 0.415. The molecule has 0 fully saturated rings. The van der Waals surface area contributed by atoms with Gasteiger partial charge in [0.1, 0.15) is 5.75 Å². The zero-order chi connectivity index (χ0) is 23.3. The topological polar surface area (TPSA) is 95.1 Å². The molecule has 0 atom stereocenters. The van der Waals surface area contributed by atoms with E-state index >= 15 is 0 Å². The molecule has 0 unspecified atom stereocenters. The van der Waals surface area contributed by atoms with E-state index in [0.29, 0.717) is 23.0 Å². The molecular weight excluding hydrogens is 548 g/mol. The number of carbonyl (C=O) groups excluding carboxylic acids is 2. The van der Waals surface area contributed by atoms with E-state index in [2.05, 4.69) is 42.7 Å². The van der Waals surface area contributed by atoms with Crippen LogP contribution in [0.2, 0.25) is 0 Å². The van der Waals surface area contributed by atoms with Crippen LogP contribution in [0, 0.1) is 0 Å². The Morgan fingerprint density at radius 1 is 0.844 bits per heavy atom. The summed E-state index contributed by atoms with van der Waals surface area (Å²) in [5.41, 5.74) is 4.87. The highest BCUT2D eigenvalue weighted by Gasteiger charge is 2.17. The zero-order valence-electron chi connectivity index (χ0n) is 17.5. The molecule has 10 heteroatoms. The number of methoxy groups -OCH3 is 3. The number of rotatable bonds is 7. The number of ether oxygens (including phenoxy) is 4. The van der Waals surface area contributed by atoms with E-state index < -0.39 is 11.8 Å². The molecule has 3 rings (SSSR count). The maximum atomic E-state index is 12.5. The predicted octanol–water partition coefficient (Wildman–Crippen LogP) is 4.23. The minimum Gasteiger partial charge on any atom is -0.493 e. The lowest BCUT2D eigenvalue weighted by Gasteiger charge is -2.14. The summed E-state index contributed by atoms with van der Waals surface area (Å²) >= 11 is 6.95. The van der Waals surface area contributed by atoms with Gasteiger partial charge >= 0.3 is 0 Å². The number of halogens is 2. The molecule has 0 saturated heterocycles. The van der Waals surface area contributed by atoms with Crippen LogP contribution in [-0.2, 0) is 4.79 Å². The van der Waals surface area contributed by atoms with E-state index in [9.17, 15) is 9.59 Å². The fourth-order valence-electron chi connectivity index (χ4n) is 2.94. The molecular formula is C22H20Br2N2O6. The number of hydrogen-bond acceptors (Lipinski definition) is 6. The van der Waals surface area contributed by atoms with Gasteiger partial charge in [0.15, 0.2) is 18.1 Å². The zero-order valence-corrected chi connectivity index (χ0v) is 20.6. The van der Waals surface area contributed by atoms with Crippen LogP contribution in [0.15, 0.2) is 51.4 Å². The largest absolute Gasteiger partial charge is 0.493 e. The molecule has 0 heterocycles. The molecule has 8 nitrogen and oxygen atoms in total. The molecule has 2 N–H and O–H groups in total. The number of hydrogen-bond donors (Lipinski definition) is 2. The van der Waals surface area contributed by atoms with E-state index in [1.165, 1.54) is 33.5 Å². The normalized spacial score (nSPS) is 10.4. The van der Waals surface area contributed by atoms with Gasteiger partial charge in [0, 0.05) is 10.0 Å². The number of benzene rings is 3. The Bertz CT molecular complexity index is 1140. The van der Waals surface area contributed by atoms with Gasteiger partial charge in [-0.2, -0.15) is 0 Å². The van der Waals surface area contributed by atoms with Gasteiger partial charge < -0.3 is 18.9 Å². The van der Waals surface area contributed by atoms with Gasteiger partial charge in [-0.25, -0.2) is 0 Å². The van der Waals surface area contributed by atoms with Crippen molar-refractivity contribution < 1.29 is 28.5 Å². The second-order valence-corrected chi connectivity index (χ2v) is 8.16. The number of carbonyl (C=O) groups is 2. The Hall–Kier alpha value is -2.98. The summed E-state index contributed by atoms with van der Waals surface area (Å²) in [7, 11) is 4.36. The van der Waals surface area contributed by atoms with E-state index in [1.54, 1.807) is 6.07 Å². The lowest BCUT2D eigenvalue weighted by Crippen LogP contribution is -2.43. The SMILES string of the molecule is COc1cc(C(=O)NNC(=O)COc2ccc3cc(Br)ccc3c2Br)cc(OC)c1OC. The lowest BCUT2D eigenvalue weighted by molar-refractivity contribution is -0.123. The Morgan fingerprint density at radius 3 is 2.16 bits per heavy atom. The van der Waals surface area contributed by atoms with Gasteiger partial charge in [-0.3, -0.25) is 20.4 Å². The third-order valence-electron chi connectivity index (χ3n) is 4.48. The molecule has 0 saturated carbocycles. The molecule has 0 radical (unpaired) electrons. The summed E-state index contributed by atoms with van der Waals surface area (Å²) in [5.74, 6) is 0.409. The molecule has 2 amide bonds. The smallest absolute Gasteiger partial charge is 0.276 e. The van der Waals surface area contributed by atoms with Gasteiger partial charge in [-0.05, 0) is 57.0 Å². The predicted molar refractivity (Wildman–Crippen MR) is 127 cm³/mol. The standard InChI is InChI=1S/C22H20Br2N2O6/c1-29-17-9-13(10-18(30-2)21(17)31-3)22(28)26-25-19(27)11-32-16-7-4-12-8-14(23)5-6-15(12)20(16)24/h4-10H,11H2,1-3H3,(H,25,27)(H,26,28). The molecule has 168 valence electrons. The number of fused-ring (bicyclic) bond motifs is 1. The molecule has 0 aromatic heterocycles. The third kappa shape index (κ3) is 5.25. The van der Waals surface area contributed by atoms with Crippen LogP contribution >= 0.6 is 31.9 Å². The maximum absolute atomic E-state index is 12.5. The number of nitrogens with one attached hydrogen (secondary N) is 2. The fourth-order valence-corrected chi connectivity index (χ4v) is 3.93. The van der Waals surface area contributed by atoms with Gasteiger partial charge in [0.25, 0.3) is 11.8 Å². The summed E-state index contributed by atoms with van der Waals surface area (Å²) in [5, 5.41) is 1.96. The molecule has 0 aliphatic carbocycles. The number of hydrazine groups is 1. The summed E-state index contributed by atoms with van der Waals surface area (Å²) in [6.45, 7) is -0.295. The van der Waals surface area contributed by atoms with Crippen LogP contribution in [0.25, 0.3) is 10.8 Å². The van der Waals surface area contributed by atoms with E-state index in [4.69, 9.17) is 18.9 Å². The minimum atomic E-state index is -0.560. The third-order valence-corrected chi connectivity index (χ3v) is 5.79. The maximum Gasteiger partial charge on any atom is 0.276 e. The van der Waals surface area contributed by atoms with Crippen LogP contribution < -0.4 is 29.8 Å². The molecule has 0 aliphatic heterocycles. The van der Waals surface area contributed by atoms with Crippen molar-refractivity contribution in [1.29, 1.82) is 0 Å². The Morgan fingerprint density at radius 2 is 1.53 bits per heavy atom. The monoisotopic (exact) mass is 566 g/mol. The summed E-state index contributed by atoms with van der Waals surface area (Å²) in [6.07, 6.45) is 0. The summed E-state index contributed by atoms with van der Waals surface area (Å²) in [4.78, 5) is 24.6. The van der Waals surface area contributed by atoms with Crippen molar-refractivity contribution in [3.05, 3.63) is 57.0 Å². The summed E-state index contributed by atoms with van der Waals surface area (Å²) < 4.78 is 23.0. The second kappa shape index (κ2) is 10.6. The Balaban J connectivity index is 1.62. The van der Waals surface area contributed by atoms with Crippen molar-refractivity contribution in [3.63, 3.8) is 0 Å². The first-order valence-electron chi connectivity index (χ1n) is 9.27. The van der Waals surface area contributed by atoms with Crippen molar-refractivity contribution in [2.75, 3.05) is 27.9 Å². The van der Waals surface area contributed by atoms with Crippen molar-refractivity contribution >= 4 is 54.4 Å². The first-order valence-corrected chi connectivity index (χ1v) is 10.9. The average Bonchev–Trinajstić information content (AvgIpc) is 2.80. The minimum absolute atomic E-state index is 0.212. The van der Waals surface area contributed by atoms with Crippen molar-refractivity contribution in [2.24, 2.45) is 0 Å². The first-order chi connectivity index (χ1) is 15.4. The van der Waals surface area contributed by atoms with Crippen molar-refractivity contribution in [1.82, 2.24) is 10.9 Å². The van der Waals surface area contributed by atoms with E-state index in [1.807, 2.05) is 24.3 Å². The average molecular weight is 568 g/mol. The highest BCUT2D eigenvalue weighted by atomic mass is 79.9. The Kier molecular flexibility index (Phi) is 7.81. The van der Waals surface area contributed by atoms with Crippen LogP contribution in [-0.4, -0.2) is 39.8 Å². The Labute approximate surface area is 201 Å².